The van der Waals surface area contributed by atoms with E-state index in [9.17, 15) is 14.4 Å². The Bertz CT molecular complexity index is 1390. The molecular weight excluding hydrogens is 424 g/mol. The summed E-state index contributed by atoms with van der Waals surface area (Å²) in [5.41, 5.74) is 2.21. The Labute approximate surface area is 190 Å². The summed E-state index contributed by atoms with van der Waals surface area (Å²) >= 11 is 6.43. The summed E-state index contributed by atoms with van der Waals surface area (Å²) in [6.45, 7) is 2.34. The van der Waals surface area contributed by atoms with Crippen LogP contribution in [0.3, 0.4) is 0 Å². The molecule has 3 aromatic carbocycles. The standard InChI is InChI=1S/C26H23ClN2O3/c1-2-23(30)20-13-11-19(12-14-20)17-29-24-21(9-6-10-22(24)27)25(31)28(26(29)32)16-15-18-7-4-3-5-8-18/h3-14H,2,15-17H2,1H3. The number of rotatable bonds is 7. The van der Waals surface area contributed by atoms with E-state index >= 15 is 0 Å². The fourth-order valence-corrected chi connectivity index (χ4v) is 4.12. The summed E-state index contributed by atoms with van der Waals surface area (Å²) in [7, 11) is 0. The van der Waals surface area contributed by atoms with E-state index in [2.05, 4.69) is 0 Å². The number of ketones is 1. The van der Waals surface area contributed by atoms with Crippen molar-refractivity contribution in [1.82, 2.24) is 9.13 Å². The molecule has 0 saturated carbocycles. The number of nitrogens with zero attached hydrogens (tertiary/aromatic N) is 2. The van der Waals surface area contributed by atoms with E-state index in [4.69, 9.17) is 11.6 Å². The van der Waals surface area contributed by atoms with Gasteiger partial charge in [-0.15, -0.1) is 0 Å². The molecule has 0 N–H and O–H groups in total. The highest BCUT2D eigenvalue weighted by Crippen LogP contribution is 2.21. The van der Waals surface area contributed by atoms with Crippen LogP contribution in [0, 0.1) is 0 Å². The first-order valence-corrected chi connectivity index (χ1v) is 11.0. The molecule has 0 saturated heterocycles. The van der Waals surface area contributed by atoms with Gasteiger partial charge in [-0.25, -0.2) is 4.79 Å². The molecule has 0 amide bonds. The number of halogens is 1. The van der Waals surface area contributed by atoms with Crippen molar-refractivity contribution in [3.63, 3.8) is 0 Å². The quantitative estimate of drug-likeness (QED) is 0.386. The van der Waals surface area contributed by atoms with Gasteiger partial charge in [-0.05, 0) is 29.7 Å². The zero-order valence-electron chi connectivity index (χ0n) is 17.8. The Morgan fingerprint density at radius 3 is 2.25 bits per heavy atom. The zero-order valence-corrected chi connectivity index (χ0v) is 18.5. The number of para-hydroxylation sites is 1. The molecule has 0 aliphatic rings. The summed E-state index contributed by atoms with van der Waals surface area (Å²) in [4.78, 5) is 38.5. The first-order chi connectivity index (χ1) is 15.5. The molecule has 4 aromatic rings. The number of benzene rings is 3. The Morgan fingerprint density at radius 1 is 0.844 bits per heavy atom. The normalized spacial score (nSPS) is 11.1. The van der Waals surface area contributed by atoms with Crippen LogP contribution in [0.25, 0.3) is 10.9 Å². The highest BCUT2D eigenvalue weighted by Gasteiger charge is 2.16. The smallest absolute Gasteiger partial charge is 0.294 e. The second-order valence-corrected chi connectivity index (χ2v) is 8.08. The van der Waals surface area contributed by atoms with E-state index in [1.807, 2.05) is 49.4 Å². The summed E-state index contributed by atoms with van der Waals surface area (Å²) in [5, 5.41) is 0.757. The van der Waals surface area contributed by atoms with Gasteiger partial charge in [0.15, 0.2) is 5.78 Å². The maximum absolute atomic E-state index is 13.4. The minimum absolute atomic E-state index is 0.0664. The van der Waals surface area contributed by atoms with Gasteiger partial charge >= 0.3 is 5.69 Å². The molecule has 4 rings (SSSR count). The number of carbonyl (C=O) groups excluding carboxylic acids is 1. The van der Waals surface area contributed by atoms with Crippen LogP contribution < -0.4 is 11.2 Å². The lowest BCUT2D eigenvalue weighted by Crippen LogP contribution is -2.40. The van der Waals surface area contributed by atoms with Gasteiger partial charge in [0.05, 0.1) is 22.5 Å². The SMILES string of the molecule is CCC(=O)c1ccc(Cn2c(=O)n(CCc3ccccc3)c(=O)c3cccc(Cl)c32)cc1. The van der Waals surface area contributed by atoms with Gasteiger partial charge in [0.2, 0.25) is 0 Å². The lowest BCUT2D eigenvalue weighted by molar-refractivity contribution is 0.0988. The van der Waals surface area contributed by atoms with Crippen LogP contribution >= 0.6 is 11.6 Å². The maximum Gasteiger partial charge on any atom is 0.331 e. The first kappa shape index (κ1) is 21.8. The third kappa shape index (κ3) is 4.30. The molecule has 1 heterocycles. The van der Waals surface area contributed by atoms with E-state index in [1.54, 1.807) is 34.9 Å². The molecule has 0 spiro atoms. The molecule has 0 radical (unpaired) electrons. The van der Waals surface area contributed by atoms with Crippen molar-refractivity contribution < 1.29 is 4.79 Å². The second-order valence-electron chi connectivity index (χ2n) is 7.67. The number of aryl methyl sites for hydroxylation is 1. The van der Waals surface area contributed by atoms with E-state index in [0.717, 1.165) is 11.1 Å². The fourth-order valence-electron chi connectivity index (χ4n) is 3.85. The molecule has 0 fully saturated rings. The first-order valence-electron chi connectivity index (χ1n) is 10.6. The Balaban J connectivity index is 1.79. The van der Waals surface area contributed by atoms with Crippen molar-refractivity contribution in [3.05, 3.63) is 115 Å². The summed E-state index contributed by atoms with van der Waals surface area (Å²) in [6, 6.07) is 22.0. The molecule has 0 aliphatic heterocycles. The predicted molar refractivity (Wildman–Crippen MR) is 128 cm³/mol. The lowest BCUT2D eigenvalue weighted by atomic mass is 10.1. The molecule has 1 aromatic heterocycles. The molecule has 6 heteroatoms. The van der Waals surface area contributed by atoms with Gasteiger partial charge < -0.3 is 0 Å². The van der Waals surface area contributed by atoms with Crippen molar-refractivity contribution in [3.8, 4) is 0 Å². The van der Waals surface area contributed by atoms with Crippen LogP contribution in [-0.4, -0.2) is 14.9 Å². The average Bonchev–Trinajstić information content (AvgIpc) is 2.82. The van der Waals surface area contributed by atoms with Gasteiger partial charge in [-0.3, -0.25) is 18.7 Å². The van der Waals surface area contributed by atoms with Crippen molar-refractivity contribution in [2.45, 2.75) is 32.9 Å². The molecule has 0 atom stereocenters. The fraction of sp³-hybridized carbons (Fsp3) is 0.192. The zero-order chi connectivity index (χ0) is 22.7. The third-order valence-electron chi connectivity index (χ3n) is 5.60. The van der Waals surface area contributed by atoms with Crippen molar-refractivity contribution >= 4 is 28.3 Å². The van der Waals surface area contributed by atoms with Crippen molar-refractivity contribution in [2.24, 2.45) is 0 Å². The van der Waals surface area contributed by atoms with Gasteiger partial charge in [0, 0.05) is 18.5 Å². The monoisotopic (exact) mass is 446 g/mol. The van der Waals surface area contributed by atoms with E-state index in [-0.39, 0.29) is 24.4 Å². The highest BCUT2D eigenvalue weighted by molar-refractivity contribution is 6.35. The number of hydrogen-bond acceptors (Lipinski definition) is 3. The van der Waals surface area contributed by atoms with E-state index in [0.29, 0.717) is 34.3 Å². The van der Waals surface area contributed by atoms with E-state index < -0.39 is 5.69 Å². The van der Waals surface area contributed by atoms with Crippen molar-refractivity contribution in [1.29, 1.82) is 0 Å². The predicted octanol–water partition coefficient (Wildman–Crippen LogP) is 4.70. The van der Waals surface area contributed by atoms with Crippen LogP contribution in [0.2, 0.25) is 5.02 Å². The van der Waals surface area contributed by atoms with Crippen LogP contribution in [0.1, 0.15) is 34.8 Å². The topological polar surface area (TPSA) is 61.1 Å². The molecule has 0 unspecified atom stereocenters. The van der Waals surface area contributed by atoms with Gasteiger partial charge in [0.1, 0.15) is 0 Å². The maximum atomic E-state index is 13.4. The molecular formula is C26H23ClN2O3. The van der Waals surface area contributed by atoms with Gasteiger partial charge in [-0.2, -0.15) is 0 Å². The van der Waals surface area contributed by atoms with Crippen LogP contribution in [0.5, 0.6) is 0 Å². The van der Waals surface area contributed by atoms with Gasteiger partial charge in [0.25, 0.3) is 5.56 Å². The number of hydrogen-bond donors (Lipinski definition) is 0. The Kier molecular flexibility index (Phi) is 6.37. The number of carbonyl (C=O) groups is 1. The van der Waals surface area contributed by atoms with Crippen LogP contribution in [-0.2, 0) is 19.5 Å². The molecule has 0 bridgehead atoms. The Hall–Kier alpha value is -3.44. The van der Waals surface area contributed by atoms with E-state index in [1.165, 1.54) is 4.57 Å². The largest absolute Gasteiger partial charge is 0.331 e. The number of aromatic nitrogens is 2. The van der Waals surface area contributed by atoms with Gasteiger partial charge in [-0.1, -0.05) is 79.2 Å². The summed E-state index contributed by atoms with van der Waals surface area (Å²) in [5.74, 6) is 0.0664. The number of fused-ring (bicyclic) bond motifs is 1. The minimum atomic E-state index is -0.403. The molecule has 32 heavy (non-hydrogen) atoms. The summed E-state index contributed by atoms with van der Waals surface area (Å²) in [6.07, 6.45) is 1.00. The average molecular weight is 447 g/mol. The highest BCUT2D eigenvalue weighted by atomic mass is 35.5. The molecule has 162 valence electrons. The van der Waals surface area contributed by atoms with Crippen LogP contribution in [0.15, 0.2) is 82.4 Å². The number of Topliss-reactive ketones (excluding diaryl/α,β-unsaturated/α-hetero) is 1. The minimum Gasteiger partial charge on any atom is -0.294 e. The third-order valence-corrected chi connectivity index (χ3v) is 5.90. The Morgan fingerprint density at radius 2 is 1.56 bits per heavy atom. The molecule has 5 nitrogen and oxygen atoms in total. The lowest BCUT2D eigenvalue weighted by Gasteiger charge is -2.15. The van der Waals surface area contributed by atoms with Crippen LogP contribution in [0.4, 0.5) is 0 Å². The molecule has 0 aliphatic carbocycles. The van der Waals surface area contributed by atoms with Crippen molar-refractivity contribution in [2.75, 3.05) is 0 Å². The summed E-state index contributed by atoms with van der Waals surface area (Å²) < 4.78 is 2.82. The second kappa shape index (κ2) is 9.37.